The molecule has 0 amide bonds. The zero-order valence-corrected chi connectivity index (χ0v) is 11.4. The van der Waals surface area contributed by atoms with Crippen LogP contribution in [-0.4, -0.2) is 0 Å². The molecule has 0 spiro atoms. The first-order valence-electron chi connectivity index (χ1n) is 5.20. The van der Waals surface area contributed by atoms with Gasteiger partial charge >= 0.3 is 0 Å². The number of hydrogen-bond donors (Lipinski definition) is 0. The van der Waals surface area contributed by atoms with Crippen molar-refractivity contribution < 1.29 is 4.39 Å². The molecule has 1 rings (SSSR count). The Hall–Kier alpha value is -0.370. The van der Waals surface area contributed by atoms with Gasteiger partial charge in [0.2, 0.25) is 0 Å². The number of aryl methyl sites for hydroxylation is 1. The van der Waals surface area contributed by atoms with E-state index < -0.39 is 0 Å². The maximum atomic E-state index is 13.1. The van der Waals surface area contributed by atoms with Crippen molar-refractivity contribution in [3.8, 4) is 0 Å². The maximum Gasteiger partial charge on any atom is 0.126 e. The summed E-state index contributed by atoms with van der Waals surface area (Å²) >= 11 is 3.66. The fourth-order valence-electron chi connectivity index (χ4n) is 1.52. The molecule has 0 nitrogen and oxygen atoms in total. The van der Waals surface area contributed by atoms with Crippen LogP contribution in [0.5, 0.6) is 0 Å². The van der Waals surface area contributed by atoms with Crippen LogP contribution in [0, 0.1) is 18.2 Å². The molecule has 0 heterocycles. The van der Waals surface area contributed by atoms with Crippen LogP contribution in [0.1, 0.15) is 43.1 Å². The quantitative estimate of drug-likeness (QED) is 0.665. The van der Waals surface area contributed by atoms with Gasteiger partial charge < -0.3 is 0 Å². The summed E-state index contributed by atoms with van der Waals surface area (Å²) in [5.74, 6) is -0.130. The average molecular weight is 273 g/mol. The van der Waals surface area contributed by atoms with Crippen LogP contribution in [0.15, 0.2) is 18.2 Å². The summed E-state index contributed by atoms with van der Waals surface area (Å²) in [5, 5.41) is 0. The molecule has 84 valence electrons. The first-order chi connectivity index (χ1) is 6.79. The standard InChI is InChI=1S/C13H18BrF/c1-9-7-10(5-6-12(9)15)11(14)8-13(2,3)4/h5-7,11H,8H2,1-4H3. The first kappa shape index (κ1) is 12.7. The Bertz CT molecular complexity index is 339. The van der Waals surface area contributed by atoms with E-state index in [0.29, 0.717) is 10.4 Å². The Balaban J connectivity index is 2.83. The monoisotopic (exact) mass is 272 g/mol. The van der Waals surface area contributed by atoms with Crippen LogP contribution >= 0.6 is 15.9 Å². The molecule has 0 bridgehead atoms. The molecule has 0 aliphatic rings. The molecular formula is C13H18BrF. The van der Waals surface area contributed by atoms with Gasteiger partial charge in [0.05, 0.1) is 0 Å². The summed E-state index contributed by atoms with van der Waals surface area (Å²) in [6.07, 6.45) is 1.04. The van der Waals surface area contributed by atoms with Crippen LogP contribution in [0.2, 0.25) is 0 Å². The minimum Gasteiger partial charge on any atom is -0.207 e. The van der Waals surface area contributed by atoms with Crippen LogP contribution in [0.4, 0.5) is 4.39 Å². The van der Waals surface area contributed by atoms with Crippen molar-refractivity contribution in [1.29, 1.82) is 0 Å². The van der Waals surface area contributed by atoms with Crippen LogP contribution in [-0.2, 0) is 0 Å². The normalized spacial score (nSPS) is 14.0. The Labute approximate surface area is 100 Å². The average Bonchev–Trinajstić information content (AvgIpc) is 2.06. The molecule has 0 fully saturated rings. The lowest BCUT2D eigenvalue weighted by Gasteiger charge is -2.22. The van der Waals surface area contributed by atoms with Crippen molar-refractivity contribution >= 4 is 15.9 Å². The summed E-state index contributed by atoms with van der Waals surface area (Å²) in [6, 6.07) is 5.32. The lowest BCUT2D eigenvalue weighted by atomic mass is 9.88. The van der Waals surface area contributed by atoms with Crippen LogP contribution < -0.4 is 0 Å². The first-order valence-corrected chi connectivity index (χ1v) is 6.11. The van der Waals surface area contributed by atoms with Gasteiger partial charge in [0.1, 0.15) is 5.82 Å². The molecule has 1 atom stereocenters. The summed E-state index contributed by atoms with van der Waals surface area (Å²) in [5.41, 5.74) is 2.14. The SMILES string of the molecule is Cc1cc(C(Br)CC(C)(C)C)ccc1F. The van der Waals surface area contributed by atoms with Crippen molar-refractivity contribution in [3.05, 3.63) is 35.1 Å². The van der Waals surface area contributed by atoms with Crippen molar-refractivity contribution in [2.24, 2.45) is 5.41 Å². The van der Waals surface area contributed by atoms with E-state index in [1.165, 1.54) is 0 Å². The summed E-state index contributed by atoms with van der Waals surface area (Å²) in [4.78, 5) is 0.303. The number of alkyl halides is 1. The molecule has 0 aliphatic heterocycles. The third kappa shape index (κ3) is 3.94. The Kier molecular flexibility index (Phi) is 3.93. The summed E-state index contributed by atoms with van der Waals surface area (Å²) < 4.78 is 13.1. The van der Waals surface area contributed by atoms with Crippen molar-refractivity contribution in [2.75, 3.05) is 0 Å². The van der Waals surface area contributed by atoms with E-state index in [0.717, 1.165) is 12.0 Å². The molecule has 1 unspecified atom stereocenters. The van der Waals surface area contributed by atoms with Crippen LogP contribution in [0.25, 0.3) is 0 Å². The smallest absolute Gasteiger partial charge is 0.126 e. The largest absolute Gasteiger partial charge is 0.207 e. The van der Waals surface area contributed by atoms with Gasteiger partial charge in [-0.1, -0.05) is 48.8 Å². The lowest BCUT2D eigenvalue weighted by molar-refractivity contribution is 0.376. The van der Waals surface area contributed by atoms with Gasteiger partial charge in [-0.15, -0.1) is 0 Å². The van der Waals surface area contributed by atoms with Gasteiger partial charge in [-0.25, -0.2) is 4.39 Å². The zero-order valence-electron chi connectivity index (χ0n) is 9.77. The maximum absolute atomic E-state index is 13.1. The van der Waals surface area contributed by atoms with Crippen molar-refractivity contribution in [2.45, 2.75) is 38.9 Å². The molecule has 0 aromatic heterocycles. The van der Waals surface area contributed by atoms with E-state index in [4.69, 9.17) is 0 Å². The third-order valence-corrected chi connectivity index (χ3v) is 3.19. The minimum absolute atomic E-state index is 0.130. The minimum atomic E-state index is -0.130. The van der Waals surface area contributed by atoms with Gasteiger partial charge in [-0.05, 0) is 36.0 Å². The van der Waals surface area contributed by atoms with E-state index >= 15 is 0 Å². The second-order valence-corrected chi connectivity index (χ2v) is 6.35. The molecule has 15 heavy (non-hydrogen) atoms. The van der Waals surface area contributed by atoms with Gasteiger partial charge in [-0.3, -0.25) is 0 Å². The Morgan fingerprint density at radius 1 is 1.33 bits per heavy atom. The molecule has 0 aliphatic carbocycles. The third-order valence-electron chi connectivity index (χ3n) is 2.34. The molecule has 0 radical (unpaired) electrons. The fourth-order valence-corrected chi connectivity index (χ4v) is 2.77. The molecule has 1 aromatic rings. The van der Waals surface area contributed by atoms with E-state index in [1.54, 1.807) is 13.0 Å². The fraction of sp³-hybridized carbons (Fsp3) is 0.538. The molecule has 1 aromatic carbocycles. The van der Waals surface area contributed by atoms with E-state index in [9.17, 15) is 4.39 Å². The predicted octanol–water partition coefficient (Wildman–Crippen LogP) is 5.01. The molecule has 0 saturated heterocycles. The molecule has 2 heteroatoms. The Morgan fingerprint density at radius 3 is 2.40 bits per heavy atom. The lowest BCUT2D eigenvalue weighted by Crippen LogP contribution is -2.08. The highest BCUT2D eigenvalue weighted by atomic mass is 79.9. The second-order valence-electron chi connectivity index (χ2n) is 5.24. The molecule has 0 N–H and O–H groups in total. The van der Waals surface area contributed by atoms with Crippen LogP contribution in [0.3, 0.4) is 0 Å². The predicted molar refractivity (Wildman–Crippen MR) is 66.9 cm³/mol. The number of halogens is 2. The Morgan fingerprint density at radius 2 is 1.93 bits per heavy atom. The highest BCUT2D eigenvalue weighted by Gasteiger charge is 2.18. The van der Waals surface area contributed by atoms with Crippen molar-refractivity contribution in [3.63, 3.8) is 0 Å². The number of benzene rings is 1. The highest BCUT2D eigenvalue weighted by Crippen LogP contribution is 2.35. The second kappa shape index (κ2) is 4.65. The zero-order chi connectivity index (χ0) is 11.6. The van der Waals surface area contributed by atoms with E-state index in [2.05, 4.69) is 36.7 Å². The molecule has 0 saturated carbocycles. The van der Waals surface area contributed by atoms with Gasteiger partial charge in [0.25, 0.3) is 0 Å². The summed E-state index contributed by atoms with van der Waals surface area (Å²) in [7, 11) is 0. The van der Waals surface area contributed by atoms with Gasteiger partial charge in [0.15, 0.2) is 0 Å². The van der Waals surface area contributed by atoms with Gasteiger partial charge in [0, 0.05) is 4.83 Å². The number of rotatable bonds is 2. The topological polar surface area (TPSA) is 0 Å². The van der Waals surface area contributed by atoms with E-state index in [-0.39, 0.29) is 11.2 Å². The van der Waals surface area contributed by atoms with E-state index in [1.807, 2.05) is 12.1 Å². The highest BCUT2D eigenvalue weighted by molar-refractivity contribution is 9.09. The number of hydrogen-bond acceptors (Lipinski definition) is 0. The molecular weight excluding hydrogens is 255 g/mol. The summed E-state index contributed by atoms with van der Waals surface area (Å²) in [6.45, 7) is 8.42. The van der Waals surface area contributed by atoms with Crippen molar-refractivity contribution in [1.82, 2.24) is 0 Å². The van der Waals surface area contributed by atoms with Gasteiger partial charge in [-0.2, -0.15) is 0 Å².